The van der Waals surface area contributed by atoms with E-state index in [1.54, 1.807) is 0 Å². The lowest BCUT2D eigenvalue weighted by atomic mass is 9.98. The highest BCUT2D eigenvalue weighted by Gasteiger charge is 2.06. The highest BCUT2D eigenvalue weighted by atomic mass is 14.9. The lowest BCUT2D eigenvalue weighted by Crippen LogP contribution is -2.26. The predicted octanol–water partition coefficient (Wildman–Crippen LogP) is 2.84. The van der Waals surface area contributed by atoms with Crippen molar-refractivity contribution in [2.75, 3.05) is 7.05 Å². The quantitative estimate of drug-likeness (QED) is 0.771. The fourth-order valence-corrected chi connectivity index (χ4v) is 1.79. The van der Waals surface area contributed by atoms with Gasteiger partial charge in [-0.25, -0.2) is 0 Å². The molecule has 1 N–H and O–H groups in total. The third-order valence-corrected chi connectivity index (χ3v) is 2.87. The van der Waals surface area contributed by atoms with Gasteiger partial charge in [-0.3, -0.25) is 0 Å². The van der Waals surface area contributed by atoms with E-state index in [9.17, 15) is 0 Å². The van der Waals surface area contributed by atoms with Gasteiger partial charge in [-0.1, -0.05) is 30.7 Å². The zero-order chi connectivity index (χ0) is 10.6. The summed E-state index contributed by atoms with van der Waals surface area (Å²) >= 11 is 0. The SMILES string of the molecule is CCC(Cc1ccc(C)cc1C)NC. The van der Waals surface area contributed by atoms with E-state index < -0.39 is 0 Å². The molecule has 0 aromatic heterocycles. The van der Waals surface area contributed by atoms with E-state index >= 15 is 0 Å². The van der Waals surface area contributed by atoms with E-state index in [0.29, 0.717) is 6.04 Å². The Morgan fingerprint density at radius 3 is 2.50 bits per heavy atom. The van der Waals surface area contributed by atoms with Crippen molar-refractivity contribution in [2.24, 2.45) is 0 Å². The van der Waals surface area contributed by atoms with Gasteiger partial charge in [0.25, 0.3) is 0 Å². The van der Waals surface area contributed by atoms with Crippen LogP contribution in [0.4, 0.5) is 0 Å². The van der Waals surface area contributed by atoms with Crippen LogP contribution in [-0.2, 0) is 6.42 Å². The van der Waals surface area contributed by atoms with Gasteiger partial charge in [-0.2, -0.15) is 0 Å². The van der Waals surface area contributed by atoms with Crippen LogP contribution in [0.25, 0.3) is 0 Å². The first kappa shape index (κ1) is 11.3. The first-order chi connectivity index (χ1) is 6.67. The molecule has 0 aliphatic carbocycles. The Morgan fingerprint density at radius 2 is 2.00 bits per heavy atom. The first-order valence-electron chi connectivity index (χ1n) is 5.40. The van der Waals surface area contributed by atoms with Gasteiger partial charge in [0.15, 0.2) is 0 Å². The molecule has 0 saturated carbocycles. The van der Waals surface area contributed by atoms with Crippen LogP contribution >= 0.6 is 0 Å². The standard InChI is InChI=1S/C13H21N/c1-5-13(14-4)9-12-7-6-10(2)8-11(12)3/h6-8,13-14H,5,9H2,1-4H3. The van der Waals surface area contributed by atoms with Gasteiger partial charge in [0.1, 0.15) is 0 Å². The third kappa shape index (κ3) is 2.85. The van der Waals surface area contributed by atoms with Crippen molar-refractivity contribution in [3.05, 3.63) is 34.9 Å². The number of hydrogen-bond donors (Lipinski definition) is 1. The molecule has 14 heavy (non-hydrogen) atoms. The Bertz CT molecular complexity index is 287. The minimum absolute atomic E-state index is 0.608. The molecule has 0 fully saturated rings. The van der Waals surface area contributed by atoms with Gasteiger partial charge in [0.05, 0.1) is 0 Å². The van der Waals surface area contributed by atoms with E-state index in [1.807, 2.05) is 7.05 Å². The second-order valence-electron chi connectivity index (χ2n) is 4.03. The topological polar surface area (TPSA) is 12.0 Å². The summed E-state index contributed by atoms with van der Waals surface area (Å²) in [6.45, 7) is 6.57. The number of benzene rings is 1. The molecule has 78 valence electrons. The average molecular weight is 191 g/mol. The summed E-state index contributed by atoms with van der Waals surface area (Å²) in [5.74, 6) is 0. The van der Waals surface area contributed by atoms with Crippen LogP contribution in [0, 0.1) is 13.8 Å². The van der Waals surface area contributed by atoms with Crippen molar-refractivity contribution >= 4 is 0 Å². The summed E-state index contributed by atoms with van der Waals surface area (Å²) in [6.07, 6.45) is 2.32. The monoisotopic (exact) mass is 191 g/mol. The molecule has 0 aliphatic heterocycles. The lowest BCUT2D eigenvalue weighted by Gasteiger charge is -2.15. The Balaban J connectivity index is 2.76. The highest BCUT2D eigenvalue weighted by Crippen LogP contribution is 2.13. The molecule has 1 aromatic carbocycles. The van der Waals surface area contributed by atoms with Crippen molar-refractivity contribution in [3.63, 3.8) is 0 Å². The Labute approximate surface area is 87.5 Å². The van der Waals surface area contributed by atoms with Crippen molar-refractivity contribution in [1.82, 2.24) is 5.32 Å². The Hall–Kier alpha value is -0.820. The molecule has 0 bridgehead atoms. The second kappa shape index (κ2) is 5.16. The van der Waals surface area contributed by atoms with E-state index in [0.717, 1.165) is 6.42 Å². The molecular formula is C13H21N. The number of hydrogen-bond acceptors (Lipinski definition) is 1. The molecule has 1 aromatic rings. The van der Waals surface area contributed by atoms with Crippen molar-refractivity contribution in [1.29, 1.82) is 0 Å². The zero-order valence-electron chi connectivity index (χ0n) is 9.72. The van der Waals surface area contributed by atoms with E-state index in [-0.39, 0.29) is 0 Å². The summed E-state index contributed by atoms with van der Waals surface area (Å²) in [4.78, 5) is 0. The van der Waals surface area contributed by atoms with Crippen molar-refractivity contribution in [3.8, 4) is 0 Å². The molecule has 1 atom stereocenters. The summed E-state index contributed by atoms with van der Waals surface area (Å²) in [5, 5.41) is 3.34. The van der Waals surface area contributed by atoms with Gasteiger partial charge in [-0.15, -0.1) is 0 Å². The smallest absolute Gasteiger partial charge is 0.0102 e. The second-order valence-corrected chi connectivity index (χ2v) is 4.03. The number of likely N-dealkylation sites (N-methyl/N-ethyl adjacent to an activating group) is 1. The van der Waals surface area contributed by atoms with Crippen LogP contribution in [0.3, 0.4) is 0 Å². The molecular weight excluding hydrogens is 170 g/mol. The van der Waals surface area contributed by atoms with Gasteiger partial charge in [0.2, 0.25) is 0 Å². The van der Waals surface area contributed by atoms with Gasteiger partial charge < -0.3 is 5.32 Å². The normalized spacial score (nSPS) is 12.9. The first-order valence-corrected chi connectivity index (χ1v) is 5.40. The van der Waals surface area contributed by atoms with Crippen molar-refractivity contribution in [2.45, 2.75) is 39.7 Å². The summed E-state index contributed by atoms with van der Waals surface area (Å²) in [5.41, 5.74) is 4.24. The largest absolute Gasteiger partial charge is 0.317 e. The maximum absolute atomic E-state index is 3.34. The van der Waals surface area contributed by atoms with E-state index in [2.05, 4.69) is 44.3 Å². The van der Waals surface area contributed by atoms with Gasteiger partial charge >= 0.3 is 0 Å². The van der Waals surface area contributed by atoms with Crippen LogP contribution < -0.4 is 5.32 Å². The minimum Gasteiger partial charge on any atom is -0.317 e. The maximum Gasteiger partial charge on any atom is 0.0102 e. The fourth-order valence-electron chi connectivity index (χ4n) is 1.79. The Kier molecular flexibility index (Phi) is 4.15. The molecule has 1 nitrogen and oxygen atoms in total. The van der Waals surface area contributed by atoms with Gasteiger partial charge in [0, 0.05) is 6.04 Å². The van der Waals surface area contributed by atoms with Crippen LogP contribution in [-0.4, -0.2) is 13.1 Å². The van der Waals surface area contributed by atoms with E-state index in [4.69, 9.17) is 0 Å². The number of nitrogens with one attached hydrogen (secondary N) is 1. The predicted molar refractivity (Wildman–Crippen MR) is 62.8 cm³/mol. The molecule has 0 radical (unpaired) electrons. The van der Waals surface area contributed by atoms with Crippen LogP contribution in [0.15, 0.2) is 18.2 Å². The third-order valence-electron chi connectivity index (χ3n) is 2.87. The summed E-state index contributed by atoms with van der Waals surface area (Å²) < 4.78 is 0. The van der Waals surface area contributed by atoms with E-state index in [1.165, 1.54) is 23.1 Å². The van der Waals surface area contributed by atoms with Crippen molar-refractivity contribution < 1.29 is 0 Å². The number of aryl methyl sites for hydroxylation is 2. The minimum atomic E-state index is 0.608. The molecule has 0 spiro atoms. The van der Waals surface area contributed by atoms with Crippen LogP contribution in [0.5, 0.6) is 0 Å². The summed E-state index contributed by atoms with van der Waals surface area (Å²) in [7, 11) is 2.04. The molecule has 1 unspecified atom stereocenters. The van der Waals surface area contributed by atoms with Gasteiger partial charge in [-0.05, 0) is 44.9 Å². The highest BCUT2D eigenvalue weighted by molar-refractivity contribution is 5.30. The molecule has 1 rings (SSSR count). The summed E-state index contributed by atoms with van der Waals surface area (Å²) in [6, 6.07) is 7.32. The number of rotatable bonds is 4. The van der Waals surface area contributed by atoms with Crippen LogP contribution in [0.1, 0.15) is 30.0 Å². The molecule has 0 saturated heterocycles. The molecule has 0 heterocycles. The lowest BCUT2D eigenvalue weighted by molar-refractivity contribution is 0.542. The van der Waals surface area contributed by atoms with Crippen LogP contribution in [0.2, 0.25) is 0 Å². The molecule has 0 amide bonds. The molecule has 0 aliphatic rings. The zero-order valence-corrected chi connectivity index (χ0v) is 9.72. The molecule has 1 heteroatoms. The maximum atomic E-state index is 3.34. The Morgan fingerprint density at radius 1 is 1.29 bits per heavy atom. The average Bonchev–Trinajstić information content (AvgIpc) is 2.17. The fraction of sp³-hybridized carbons (Fsp3) is 0.538.